The molecule has 0 unspecified atom stereocenters. The fourth-order valence-corrected chi connectivity index (χ4v) is 1.38. The van der Waals surface area contributed by atoms with Crippen LogP contribution in [0.4, 0.5) is 0 Å². The average Bonchev–Trinajstić information content (AvgIpc) is 2.35. The molecule has 0 amide bonds. The lowest BCUT2D eigenvalue weighted by atomic mass is 10.1. The van der Waals surface area contributed by atoms with Crippen LogP contribution in [-0.4, -0.2) is 49.1 Å². The highest BCUT2D eigenvalue weighted by Gasteiger charge is 2.28. The van der Waals surface area contributed by atoms with E-state index in [-0.39, 0.29) is 6.61 Å². The van der Waals surface area contributed by atoms with Crippen molar-refractivity contribution in [1.82, 2.24) is 0 Å². The van der Waals surface area contributed by atoms with E-state index in [1.54, 1.807) is 27.7 Å². The molecule has 0 aromatic carbocycles. The second-order valence-electron chi connectivity index (χ2n) is 5.15. The summed E-state index contributed by atoms with van der Waals surface area (Å²) < 4.78 is 19.3. The molecule has 0 heterocycles. The molecular formula is C14H22O8. The molecule has 0 spiro atoms. The minimum absolute atomic E-state index is 0.0217. The van der Waals surface area contributed by atoms with Crippen molar-refractivity contribution in [2.45, 2.75) is 39.7 Å². The van der Waals surface area contributed by atoms with Crippen molar-refractivity contribution in [2.75, 3.05) is 20.5 Å². The molecule has 1 N–H and O–H groups in total. The van der Waals surface area contributed by atoms with Crippen molar-refractivity contribution in [2.24, 2.45) is 0 Å². The molecule has 0 aliphatic rings. The van der Waals surface area contributed by atoms with E-state index < -0.39 is 48.1 Å². The summed E-state index contributed by atoms with van der Waals surface area (Å²) in [6, 6.07) is 0. The van der Waals surface area contributed by atoms with Gasteiger partial charge >= 0.3 is 17.9 Å². The second-order valence-corrected chi connectivity index (χ2v) is 5.15. The summed E-state index contributed by atoms with van der Waals surface area (Å²) in [6.45, 7) is 6.14. The molecule has 0 radical (unpaired) electrons. The molecular weight excluding hydrogens is 296 g/mol. The van der Waals surface area contributed by atoms with Gasteiger partial charge in [0.05, 0.1) is 18.6 Å². The number of rotatable bonds is 8. The van der Waals surface area contributed by atoms with Gasteiger partial charge in [0, 0.05) is 7.11 Å². The van der Waals surface area contributed by atoms with E-state index >= 15 is 0 Å². The highest BCUT2D eigenvalue weighted by molar-refractivity contribution is 6.01. The number of methoxy groups -OCH3 is 1. The van der Waals surface area contributed by atoms with Crippen LogP contribution in [0, 0.1) is 0 Å². The van der Waals surface area contributed by atoms with Gasteiger partial charge in [-0.15, -0.1) is 0 Å². The molecule has 0 rings (SSSR count). The number of carbonyl (C=O) groups is 3. The van der Waals surface area contributed by atoms with Crippen LogP contribution in [0.2, 0.25) is 0 Å². The predicted octanol–water partition coefficient (Wildman–Crippen LogP) is 1.24. The lowest BCUT2D eigenvalue weighted by Gasteiger charge is -2.20. The van der Waals surface area contributed by atoms with Gasteiger partial charge in [-0.2, -0.15) is 0 Å². The number of hydrogen-bond donors (Lipinski definition) is 1. The molecule has 0 aliphatic heterocycles. The van der Waals surface area contributed by atoms with Crippen molar-refractivity contribution in [1.29, 1.82) is 0 Å². The Bertz CT molecular complexity index is 444. The summed E-state index contributed by atoms with van der Waals surface area (Å²) in [5, 5.41) is 9.13. The Kier molecular flexibility index (Phi) is 8.18. The molecule has 126 valence electrons. The SMILES string of the molecule is CCOC(=O)/C(CC(=O)OC(C)(C)C)=C(\OCOC)C(=O)O. The Hall–Kier alpha value is -2.09. The van der Waals surface area contributed by atoms with Crippen LogP contribution in [0.3, 0.4) is 0 Å². The Balaban J connectivity index is 5.45. The minimum Gasteiger partial charge on any atom is -0.475 e. The van der Waals surface area contributed by atoms with Gasteiger partial charge in [-0.1, -0.05) is 0 Å². The molecule has 0 saturated carbocycles. The molecule has 0 aromatic heterocycles. The highest BCUT2D eigenvalue weighted by atomic mass is 16.7. The Morgan fingerprint density at radius 2 is 1.68 bits per heavy atom. The van der Waals surface area contributed by atoms with Gasteiger partial charge < -0.3 is 24.1 Å². The van der Waals surface area contributed by atoms with Crippen molar-refractivity contribution in [3.05, 3.63) is 11.3 Å². The highest BCUT2D eigenvalue weighted by Crippen LogP contribution is 2.17. The van der Waals surface area contributed by atoms with E-state index in [9.17, 15) is 14.4 Å². The number of carbonyl (C=O) groups excluding carboxylic acids is 2. The molecule has 0 aliphatic carbocycles. The Morgan fingerprint density at radius 1 is 1.09 bits per heavy atom. The average molecular weight is 318 g/mol. The fourth-order valence-electron chi connectivity index (χ4n) is 1.38. The summed E-state index contributed by atoms with van der Waals surface area (Å²) >= 11 is 0. The van der Waals surface area contributed by atoms with Crippen molar-refractivity contribution < 1.29 is 38.4 Å². The molecule has 22 heavy (non-hydrogen) atoms. The van der Waals surface area contributed by atoms with E-state index in [1.165, 1.54) is 7.11 Å². The van der Waals surface area contributed by atoms with Gasteiger partial charge in [0.1, 0.15) is 5.60 Å². The first-order chi connectivity index (χ1) is 10.1. The van der Waals surface area contributed by atoms with E-state index in [0.717, 1.165) is 0 Å². The first-order valence-electron chi connectivity index (χ1n) is 6.59. The van der Waals surface area contributed by atoms with Crippen LogP contribution >= 0.6 is 0 Å². The van der Waals surface area contributed by atoms with Crippen molar-refractivity contribution in [3.8, 4) is 0 Å². The number of ether oxygens (including phenoxy) is 4. The first-order valence-corrected chi connectivity index (χ1v) is 6.59. The summed E-state index contributed by atoms with van der Waals surface area (Å²) in [5.41, 5.74) is -1.20. The normalized spacial score (nSPS) is 12.2. The van der Waals surface area contributed by atoms with Crippen molar-refractivity contribution >= 4 is 17.9 Å². The maximum absolute atomic E-state index is 11.9. The number of esters is 2. The van der Waals surface area contributed by atoms with Gasteiger partial charge in [-0.3, -0.25) is 4.79 Å². The zero-order chi connectivity index (χ0) is 17.3. The van der Waals surface area contributed by atoms with Gasteiger partial charge in [0.15, 0.2) is 6.79 Å². The minimum atomic E-state index is -1.51. The summed E-state index contributed by atoms with van der Waals surface area (Å²) in [4.78, 5) is 34.9. The molecule has 0 aromatic rings. The molecule has 0 fully saturated rings. The fraction of sp³-hybridized carbons (Fsp3) is 0.643. The zero-order valence-corrected chi connectivity index (χ0v) is 13.4. The second kappa shape index (κ2) is 9.04. The predicted molar refractivity (Wildman–Crippen MR) is 74.7 cm³/mol. The third-order valence-corrected chi connectivity index (χ3v) is 2.05. The van der Waals surface area contributed by atoms with Crippen molar-refractivity contribution in [3.63, 3.8) is 0 Å². The van der Waals surface area contributed by atoms with E-state index in [0.29, 0.717) is 0 Å². The van der Waals surface area contributed by atoms with Crippen LogP contribution in [0.5, 0.6) is 0 Å². The largest absolute Gasteiger partial charge is 0.475 e. The summed E-state index contributed by atoms with van der Waals surface area (Å²) in [5.74, 6) is -3.94. The number of hydrogen-bond acceptors (Lipinski definition) is 7. The Morgan fingerprint density at radius 3 is 2.09 bits per heavy atom. The molecule has 8 nitrogen and oxygen atoms in total. The third kappa shape index (κ3) is 7.63. The molecule has 0 atom stereocenters. The molecule has 0 saturated heterocycles. The topological polar surface area (TPSA) is 108 Å². The van der Waals surface area contributed by atoms with E-state index in [4.69, 9.17) is 19.3 Å². The quantitative estimate of drug-likeness (QED) is 0.308. The standard InChI is InChI=1S/C14H22O8/c1-6-20-13(18)9(7-10(15)22-14(2,3)4)11(12(16)17)21-8-19-5/h6-8H2,1-5H3,(H,16,17)/b11-9-. The van der Waals surface area contributed by atoms with Crippen LogP contribution < -0.4 is 0 Å². The molecule has 0 bridgehead atoms. The zero-order valence-electron chi connectivity index (χ0n) is 13.4. The summed E-state index contributed by atoms with van der Waals surface area (Å²) in [7, 11) is 1.29. The lowest BCUT2D eigenvalue weighted by molar-refractivity contribution is -0.155. The van der Waals surface area contributed by atoms with E-state index in [1.807, 2.05) is 0 Å². The van der Waals surface area contributed by atoms with Crippen LogP contribution in [0.25, 0.3) is 0 Å². The third-order valence-electron chi connectivity index (χ3n) is 2.05. The van der Waals surface area contributed by atoms with Gasteiger partial charge in [-0.25, -0.2) is 9.59 Å². The van der Waals surface area contributed by atoms with Crippen LogP contribution in [-0.2, 0) is 33.3 Å². The number of aliphatic carboxylic acids is 1. The number of carboxylic acids is 1. The Labute approximate surface area is 129 Å². The first kappa shape index (κ1) is 19.9. The van der Waals surface area contributed by atoms with Gasteiger partial charge in [0.25, 0.3) is 0 Å². The lowest BCUT2D eigenvalue weighted by Crippen LogP contribution is -2.26. The van der Waals surface area contributed by atoms with E-state index in [2.05, 4.69) is 4.74 Å². The van der Waals surface area contributed by atoms with Gasteiger partial charge in [0.2, 0.25) is 5.76 Å². The monoisotopic (exact) mass is 318 g/mol. The maximum Gasteiger partial charge on any atom is 0.371 e. The smallest absolute Gasteiger partial charge is 0.371 e. The summed E-state index contributed by atoms with van der Waals surface area (Å²) in [6.07, 6.45) is -0.582. The van der Waals surface area contributed by atoms with Crippen LogP contribution in [0.1, 0.15) is 34.1 Å². The number of carboxylic acid groups (broad SMARTS) is 1. The van der Waals surface area contributed by atoms with Gasteiger partial charge in [-0.05, 0) is 27.7 Å². The molecule has 8 heteroatoms. The van der Waals surface area contributed by atoms with Crippen LogP contribution in [0.15, 0.2) is 11.3 Å². The maximum atomic E-state index is 11.9.